The molecular weight excluding hydrogens is 264 g/mol. The molecule has 1 aliphatic heterocycles. The third-order valence-corrected chi connectivity index (χ3v) is 4.13. The summed E-state index contributed by atoms with van der Waals surface area (Å²) in [6.07, 6.45) is 3.71. The van der Waals surface area contributed by atoms with E-state index in [1.165, 1.54) is 19.3 Å². The third-order valence-electron chi connectivity index (χ3n) is 4.13. The lowest BCUT2D eigenvalue weighted by atomic mass is 10.0. The highest BCUT2D eigenvalue weighted by Crippen LogP contribution is 2.24. The zero-order valence-electron chi connectivity index (χ0n) is 13.3. The van der Waals surface area contributed by atoms with E-state index in [1.54, 1.807) is 0 Å². The molecule has 5 nitrogen and oxygen atoms in total. The second kappa shape index (κ2) is 6.89. The Bertz CT molecular complexity index is 509. The predicted molar refractivity (Wildman–Crippen MR) is 85.8 cm³/mol. The number of hydrogen-bond donors (Lipinski definition) is 2. The lowest BCUT2D eigenvalue weighted by molar-refractivity contribution is 0.0999. The third kappa shape index (κ3) is 3.73. The van der Waals surface area contributed by atoms with Crippen LogP contribution in [0.1, 0.15) is 47.9 Å². The molecule has 0 spiro atoms. The molecule has 2 heterocycles. The van der Waals surface area contributed by atoms with Crippen molar-refractivity contribution in [2.75, 3.05) is 24.5 Å². The number of pyridine rings is 1. The number of likely N-dealkylation sites (N-methyl/N-ethyl adjacent to an activating group) is 1. The van der Waals surface area contributed by atoms with Crippen molar-refractivity contribution in [3.8, 4) is 0 Å². The SMILES string of the molecule is CCN(CC1CCCCN1)c1cc(C)nc(C)c1C(N)=O. The second-order valence-electron chi connectivity index (χ2n) is 5.79. The molecule has 1 atom stereocenters. The lowest BCUT2D eigenvalue weighted by Gasteiger charge is -2.32. The summed E-state index contributed by atoms with van der Waals surface area (Å²) in [7, 11) is 0. The van der Waals surface area contributed by atoms with E-state index in [0.29, 0.717) is 17.3 Å². The van der Waals surface area contributed by atoms with Crippen LogP contribution in [0.5, 0.6) is 0 Å². The van der Waals surface area contributed by atoms with Crippen molar-refractivity contribution in [3.05, 3.63) is 23.0 Å². The molecule has 0 aromatic carbocycles. The summed E-state index contributed by atoms with van der Waals surface area (Å²) in [5, 5.41) is 3.56. The zero-order chi connectivity index (χ0) is 15.4. The molecule has 1 amide bonds. The van der Waals surface area contributed by atoms with Crippen LogP contribution in [0.15, 0.2) is 6.07 Å². The molecule has 0 saturated carbocycles. The molecule has 116 valence electrons. The van der Waals surface area contributed by atoms with E-state index < -0.39 is 5.91 Å². The molecule has 1 aliphatic rings. The molecule has 2 rings (SSSR count). The van der Waals surface area contributed by atoms with Crippen LogP contribution in [0, 0.1) is 13.8 Å². The first kappa shape index (κ1) is 15.8. The van der Waals surface area contributed by atoms with Crippen LogP contribution in [-0.2, 0) is 0 Å². The molecule has 5 heteroatoms. The maximum atomic E-state index is 11.8. The fourth-order valence-electron chi connectivity index (χ4n) is 3.11. The first-order chi connectivity index (χ1) is 10.0. The number of rotatable bonds is 5. The summed E-state index contributed by atoms with van der Waals surface area (Å²) in [4.78, 5) is 18.4. The highest BCUT2D eigenvalue weighted by Gasteiger charge is 2.21. The van der Waals surface area contributed by atoms with Gasteiger partial charge in [0.15, 0.2) is 0 Å². The lowest BCUT2D eigenvalue weighted by Crippen LogP contribution is -2.44. The summed E-state index contributed by atoms with van der Waals surface area (Å²) >= 11 is 0. The standard InChI is InChI=1S/C16H26N4O/c1-4-20(10-13-7-5-6-8-18-13)14-9-11(2)19-12(3)15(14)16(17)21/h9,13,18H,4-8,10H2,1-3H3,(H2,17,21). The van der Waals surface area contributed by atoms with E-state index in [4.69, 9.17) is 5.73 Å². The van der Waals surface area contributed by atoms with Crippen LogP contribution >= 0.6 is 0 Å². The van der Waals surface area contributed by atoms with Gasteiger partial charge in [0.2, 0.25) is 0 Å². The van der Waals surface area contributed by atoms with E-state index in [-0.39, 0.29) is 0 Å². The molecule has 1 unspecified atom stereocenters. The van der Waals surface area contributed by atoms with E-state index in [9.17, 15) is 4.79 Å². The van der Waals surface area contributed by atoms with Gasteiger partial charge < -0.3 is 16.0 Å². The number of aromatic nitrogens is 1. The molecule has 21 heavy (non-hydrogen) atoms. The first-order valence-electron chi connectivity index (χ1n) is 7.79. The molecular formula is C16H26N4O. The summed E-state index contributed by atoms with van der Waals surface area (Å²) in [6.45, 7) is 8.75. The van der Waals surface area contributed by atoms with Crippen molar-refractivity contribution in [2.45, 2.75) is 46.1 Å². The van der Waals surface area contributed by atoms with Gasteiger partial charge in [0, 0.05) is 24.8 Å². The monoisotopic (exact) mass is 290 g/mol. The smallest absolute Gasteiger partial charge is 0.252 e. The maximum absolute atomic E-state index is 11.8. The van der Waals surface area contributed by atoms with Crippen LogP contribution in [0.25, 0.3) is 0 Å². The zero-order valence-corrected chi connectivity index (χ0v) is 13.3. The van der Waals surface area contributed by atoms with Gasteiger partial charge in [-0.15, -0.1) is 0 Å². The number of nitrogens with one attached hydrogen (secondary N) is 1. The highest BCUT2D eigenvalue weighted by atomic mass is 16.1. The molecule has 0 bridgehead atoms. The number of primary amides is 1. The quantitative estimate of drug-likeness (QED) is 0.867. The fourth-order valence-corrected chi connectivity index (χ4v) is 3.11. The number of amides is 1. The van der Waals surface area contributed by atoms with Crippen LogP contribution in [-0.4, -0.2) is 36.6 Å². The van der Waals surface area contributed by atoms with Crippen molar-refractivity contribution in [3.63, 3.8) is 0 Å². The Labute approximate surface area is 126 Å². The minimum absolute atomic E-state index is 0.398. The molecule has 1 aromatic heterocycles. The van der Waals surface area contributed by atoms with Crippen molar-refractivity contribution < 1.29 is 4.79 Å². The maximum Gasteiger partial charge on any atom is 0.252 e. The Morgan fingerprint density at radius 3 is 2.81 bits per heavy atom. The first-order valence-corrected chi connectivity index (χ1v) is 7.79. The number of aryl methyl sites for hydroxylation is 2. The van der Waals surface area contributed by atoms with Crippen molar-refractivity contribution in [2.24, 2.45) is 5.73 Å². The summed E-state index contributed by atoms with van der Waals surface area (Å²) in [6, 6.07) is 2.45. The van der Waals surface area contributed by atoms with Crippen LogP contribution in [0.3, 0.4) is 0 Å². The van der Waals surface area contributed by atoms with E-state index in [1.807, 2.05) is 19.9 Å². The van der Waals surface area contributed by atoms with Gasteiger partial charge in [-0.1, -0.05) is 6.42 Å². The van der Waals surface area contributed by atoms with Crippen LogP contribution < -0.4 is 16.0 Å². The molecule has 3 N–H and O–H groups in total. The number of carbonyl (C=O) groups excluding carboxylic acids is 1. The average molecular weight is 290 g/mol. The predicted octanol–water partition coefficient (Wildman–Crippen LogP) is 1.77. The number of nitrogens with zero attached hydrogens (tertiary/aromatic N) is 2. The van der Waals surface area contributed by atoms with Gasteiger partial charge >= 0.3 is 0 Å². The van der Waals surface area contributed by atoms with E-state index >= 15 is 0 Å². The topological polar surface area (TPSA) is 71.2 Å². The molecule has 0 aliphatic carbocycles. The van der Waals surface area contributed by atoms with Crippen molar-refractivity contribution >= 4 is 11.6 Å². The normalized spacial score (nSPS) is 18.5. The highest BCUT2D eigenvalue weighted by molar-refractivity contribution is 5.99. The number of piperidine rings is 1. The molecule has 1 saturated heterocycles. The Kier molecular flexibility index (Phi) is 5.17. The van der Waals surface area contributed by atoms with Gasteiger partial charge in [0.05, 0.1) is 16.9 Å². The minimum Gasteiger partial charge on any atom is -0.369 e. The Morgan fingerprint density at radius 2 is 2.24 bits per heavy atom. The van der Waals surface area contributed by atoms with Gasteiger partial charge in [-0.2, -0.15) is 0 Å². The van der Waals surface area contributed by atoms with Gasteiger partial charge in [0.1, 0.15) is 0 Å². The van der Waals surface area contributed by atoms with Crippen LogP contribution in [0.2, 0.25) is 0 Å². The molecule has 1 aromatic rings. The van der Waals surface area contributed by atoms with E-state index in [2.05, 4.69) is 22.1 Å². The van der Waals surface area contributed by atoms with Crippen molar-refractivity contribution in [1.29, 1.82) is 0 Å². The summed E-state index contributed by atoms with van der Waals surface area (Å²) in [5.41, 5.74) is 8.68. The molecule has 0 radical (unpaired) electrons. The van der Waals surface area contributed by atoms with Crippen LogP contribution in [0.4, 0.5) is 5.69 Å². The molecule has 1 fully saturated rings. The van der Waals surface area contributed by atoms with Gasteiger partial charge in [-0.3, -0.25) is 9.78 Å². The van der Waals surface area contributed by atoms with E-state index in [0.717, 1.165) is 31.0 Å². The summed E-state index contributed by atoms with van der Waals surface area (Å²) < 4.78 is 0. The Balaban J connectivity index is 2.29. The van der Waals surface area contributed by atoms with Gasteiger partial charge in [-0.05, 0) is 46.2 Å². The number of anilines is 1. The average Bonchev–Trinajstić information content (AvgIpc) is 2.44. The van der Waals surface area contributed by atoms with Crippen molar-refractivity contribution in [1.82, 2.24) is 10.3 Å². The fraction of sp³-hybridized carbons (Fsp3) is 0.625. The minimum atomic E-state index is -0.398. The number of carbonyl (C=O) groups is 1. The Morgan fingerprint density at radius 1 is 1.48 bits per heavy atom. The summed E-state index contributed by atoms with van der Waals surface area (Å²) in [5.74, 6) is -0.398. The number of nitrogens with two attached hydrogens (primary N) is 1. The largest absolute Gasteiger partial charge is 0.369 e. The number of hydrogen-bond acceptors (Lipinski definition) is 4. The van der Waals surface area contributed by atoms with Gasteiger partial charge in [-0.25, -0.2) is 0 Å². The Hall–Kier alpha value is -1.62. The second-order valence-corrected chi connectivity index (χ2v) is 5.79. The van der Waals surface area contributed by atoms with Gasteiger partial charge in [0.25, 0.3) is 5.91 Å².